The van der Waals surface area contributed by atoms with Crippen molar-refractivity contribution in [3.8, 4) is 0 Å². The van der Waals surface area contributed by atoms with Crippen molar-refractivity contribution in [3.63, 3.8) is 0 Å². The van der Waals surface area contributed by atoms with Gasteiger partial charge in [-0.15, -0.1) is 0 Å². The monoisotopic (exact) mass is 365 g/mol. The molecular formula is C20H23N5O2. The fraction of sp³-hybridized carbons (Fsp3) is 0.250. The minimum atomic E-state index is -0.288. The van der Waals surface area contributed by atoms with Crippen LogP contribution in [-0.2, 0) is 13.6 Å². The van der Waals surface area contributed by atoms with Crippen LogP contribution in [0.2, 0.25) is 0 Å². The first-order valence-corrected chi connectivity index (χ1v) is 8.90. The molecule has 0 spiro atoms. The van der Waals surface area contributed by atoms with Crippen LogP contribution < -0.4 is 16.0 Å². The van der Waals surface area contributed by atoms with Crippen LogP contribution in [0, 0.1) is 0 Å². The highest BCUT2D eigenvalue weighted by Gasteiger charge is 2.16. The molecule has 0 fully saturated rings. The normalized spacial score (nSPS) is 10.6. The fourth-order valence-electron chi connectivity index (χ4n) is 2.80. The molecule has 2 aromatic heterocycles. The number of urea groups is 1. The maximum atomic E-state index is 12.7. The molecule has 0 aliphatic carbocycles. The van der Waals surface area contributed by atoms with E-state index in [1.54, 1.807) is 23.0 Å². The number of nitrogens with one attached hydrogen (secondary N) is 3. The second-order valence-corrected chi connectivity index (χ2v) is 6.30. The van der Waals surface area contributed by atoms with Gasteiger partial charge in [-0.25, -0.2) is 9.78 Å². The van der Waals surface area contributed by atoms with E-state index in [9.17, 15) is 9.59 Å². The second-order valence-electron chi connectivity index (χ2n) is 6.30. The first-order valence-electron chi connectivity index (χ1n) is 8.90. The lowest BCUT2D eigenvalue weighted by atomic mass is 10.2. The van der Waals surface area contributed by atoms with Gasteiger partial charge in [0.25, 0.3) is 5.91 Å². The SMILES string of the molecule is CCCNC(=O)Nc1cnc2c(c1)c(C(=O)NCc1ccccc1)cn2C. The van der Waals surface area contributed by atoms with E-state index in [-0.39, 0.29) is 11.9 Å². The van der Waals surface area contributed by atoms with Gasteiger partial charge in [-0.1, -0.05) is 37.3 Å². The molecule has 0 unspecified atom stereocenters. The number of pyridine rings is 1. The average molecular weight is 365 g/mol. The molecule has 27 heavy (non-hydrogen) atoms. The largest absolute Gasteiger partial charge is 0.348 e. The first-order chi connectivity index (χ1) is 13.1. The van der Waals surface area contributed by atoms with E-state index in [1.165, 1.54) is 0 Å². The Hall–Kier alpha value is -3.35. The molecule has 3 rings (SSSR count). The van der Waals surface area contributed by atoms with Gasteiger partial charge in [0, 0.05) is 31.7 Å². The molecule has 3 aromatic rings. The smallest absolute Gasteiger partial charge is 0.319 e. The van der Waals surface area contributed by atoms with Gasteiger partial charge in [-0.3, -0.25) is 4.79 Å². The molecule has 0 saturated carbocycles. The standard InChI is InChI=1S/C20H23N5O2/c1-3-9-21-20(27)24-15-10-16-17(13-25(2)18(16)22-12-15)19(26)23-11-14-7-5-4-6-8-14/h4-8,10,12-13H,3,9,11H2,1-2H3,(H,23,26)(H2,21,24,27). The summed E-state index contributed by atoms with van der Waals surface area (Å²) in [6.45, 7) is 3.03. The number of benzene rings is 1. The number of nitrogens with zero attached hydrogens (tertiary/aromatic N) is 2. The Bertz CT molecular complexity index is 950. The molecule has 3 amide bonds. The lowest BCUT2D eigenvalue weighted by Gasteiger charge is -2.07. The van der Waals surface area contributed by atoms with Gasteiger partial charge in [0.05, 0.1) is 17.4 Å². The van der Waals surface area contributed by atoms with E-state index >= 15 is 0 Å². The minimum absolute atomic E-state index is 0.182. The van der Waals surface area contributed by atoms with Gasteiger partial charge in [0.15, 0.2) is 0 Å². The highest BCUT2D eigenvalue weighted by Crippen LogP contribution is 2.22. The lowest BCUT2D eigenvalue weighted by molar-refractivity contribution is 0.0952. The molecule has 0 aliphatic heterocycles. The zero-order valence-corrected chi connectivity index (χ0v) is 15.5. The number of fused-ring (bicyclic) bond motifs is 1. The van der Waals surface area contributed by atoms with Crippen molar-refractivity contribution in [1.29, 1.82) is 0 Å². The van der Waals surface area contributed by atoms with E-state index in [2.05, 4.69) is 20.9 Å². The summed E-state index contributed by atoms with van der Waals surface area (Å²) in [6.07, 6.45) is 4.19. The first kappa shape index (κ1) is 18.4. The van der Waals surface area contributed by atoms with E-state index in [1.807, 2.05) is 44.3 Å². The third-order valence-corrected chi connectivity index (χ3v) is 4.15. The van der Waals surface area contributed by atoms with Crippen LogP contribution in [0.4, 0.5) is 10.5 Å². The van der Waals surface area contributed by atoms with Crippen LogP contribution in [0.5, 0.6) is 0 Å². The van der Waals surface area contributed by atoms with Crippen LogP contribution in [-0.4, -0.2) is 28.0 Å². The number of hydrogen-bond acceptors (Lipinski definition) is 3. The van der Waals surface area contributed by atoms with Gasteiger partial charge in [-0.05, 0) is 18.1 Å². The summed E-state index contributed by atoms with van der Waals surface area (Å²) < 4.78 is 1.80. The summed E-state index contributed by atoms with van der Waals surface area (Å²) in [6, 6.07) is 11.2. The third-order valence-electron chi connectivity index (χ3n) is 4.15. The van der Waals surface area contributed by atoms with E-state index in [4.69, 9.17) is 0 Å². The maximum Gasteiger partial charge on any atom is 0.319 e. The number of hydrogen-bond donors (Lipinski definition) is 3. The molecule has 1 aromatic carbocycles. The molecule has 2 heterocycles. The zero-order valence-electron chi connectivity index (χ0n) is 15.5. The van der Waals surface area contributed by atoms with Crippen molar-refractivity contribution >= 4 is 28.7 Å². The Morgan fingerprint density at radius 3 is 2.67 bits per heavy atom. The van der Waals surface area contributed by atoms with Crippen molar-refractivity contribution in [3.05, 3.63) is 59.9 Å². The van der Waals surface area contributed by atoms with Crippen LogP contribution in [0.3, 0.4) is 0 Å². The number of aryl methyl sites for hydroxylation is 1. The van der Waals surface area contributed by atoms with Crippen LogP contribution in [0.25, 0.3) is 11.0 Å². The Labute approximate surface area is 157 Å². The topological polar surface area (TPSA) is 88.1 Å². The number of carbonyl (C=O) groups is 2. The minimum Gasteiger partial charge on any atom is -0.348 e. The third kappa shape index (κ3) is 4.44. The Kier molecular flexibility index (Phi) is 5.71. The number of aromatic nitrogens is 2. The number of amides is 3. The quantitative estimate of drug-likeness (QED) is 0.627. The zero-order chi connectivity index (χ0) is 19.2. The summed E-state index contributed by atoms with van der Waals surface area (Å²) >= 11 is 0. The summed E-state index contributed by atoms with van der Waals surface area (Å²) in [4.78, 5) is 28.9. The number of rotatable bonds is 6. The predicted octanol–water partition coefficient (Wildman–Crippen LogP) is 3.03. The van der Waals surface area contributed by atoms with Gasteiger partial charge in [-0.2, -0.15) is 0 Å². The van der Waals surface area contributed by atoms with Crippen molar-refractivity contribution in [2.24, 2.45) is 7.05 Å². The average Bonchev–Trinajstić information content (AvgIpc) is 3.01. The van der Waals surface area contributed by atoms with E-state index in [0.717, 1.165) is 12.0 Å². The van der Waals surface area contributed by atoms with Crippen LogP contribution >= 0.6 is 0 Å². The highest BCUT2D eigenvalue weighted by atomic mass is 16.2. The van der Waals surface area contributed by atoms with E-state index < -0.39 is 0 Å². The van der Waals surface area contributed by atoms with Crippen LogP contribution in [0.1, 0.15) is 29.3 Å². The Morgan fingerprint density at radius 1 is 1.15 bits per heavy atom. The molecule has 7 heteroatoms. The fourth-order valence-corrected chi connectivity index (χ4v) is 2.80. The van der Waals surface area contributed by atoms with Crippen molar-refractivity contribution in [1.82, 2.24) is 20.2 Å². The van der Waals surface area contributed by atoms with Crippen molar-refractivity contribution < 1.29 is 9.59 Å². The van der Waals surface area contributed by atoms with Gasteiger partial charge in [0.1, 0.15) is 5.65 Å². The molecular weight excluding hydrogens is 342 g/mol. The summed E-state index contributed by atoms with van der Waals surface area (Å²) in [5.41, 5.74) is 2.77. The molecule has 140 valence electrons. The summed E-state index contributed by atoms with van der Waals surface area (Å²) in [5, 5.41) is 9.12. The number of anilines is 1. The molecule has 0 aliphatic rings. The molecule has 0 saturated heterocycles. The van der Waals surface area contributed by atoms with Crippen LogP contribution in [0.15, 0.2) is 48.8 Å². The molecule has 0 bridgehead atoms. The Balaban J connectivity index is 1.79. The Morgan fingerprint density at radius 2 is 1.93 bits per heavy atom. The summed E-state index contributed by atoms with van der Waals surface area (Å²) in [7, 11) is 1.84. The number of carbonyl (C=O) groups excluding carboxylic acids is 2. The van der Waals surface area contributed by atoms with Crippen molar-refractivity contribution in [2.45, 2.75) is 19.9 Å². The van der Waals surface area contributed by atoms with Gasteiger partial charge >= 0.3 is 6.03 Å². The predicted molar refractivity (Wildman–Crippen MR) is 106 cm³/mol. The van der Waals surface area contributed by atoms with Gasteiger partial charge in [0.2, 0.25) is 0 Å². The lowest BCUT2D eigenvalue weighted by Crippen LogP contribution is -2.29. The maximum absolute atomic E-state index is 12.7. The van der Waals surface area contributed by atoms with Crippen molar-refractivity contribution in [2.75, 3.05) is 11.9 Å². The summed E-state index contributed by atoms with van der Waals surface area (Å²) in [5.74, 6) is -0.182. The van der Waals surface area contributed by atoms with Gasteiger partial charge < -0.3 is 20.5 Å². The molecule has 3 N–H and O–H groups in total. The molecule has 0 radical (unpaired) electrons. The van der Waals surface area contributed by atoms with E-state index in [0.29, 0.717) is 35.4 Å². The highest BCUT2D eigenvalue weighted by molar-refractivity contribution is 6.07. The molecule has 0 atom stereocenters. The second kappa shape index (κ2) is 8.35. The molecule has 7 nitrogen and oxygen atoms in total.